The molecular formula is C17H21N3O5. The molecule has 0 atom stereocenters. The standard InChI is InChI=1S/C17H21N3O5/c1-11-7-16(19-25-11)20(12(2)21)6-5-18-17(22)13-8-14(23-3)10-15(9-13)24-4/h7-10H,5-6H2,1-4H3,(H,18,22). The van der Waals surface area contributed by atoms with Crippen LogP contribution in [0.3, 0.4) is 0 Å². The van der Waals surface area contributed by atoms with Crippen LogP contribution in [0.5, 0.6) is 11.5 Å². The number of hydrogen-bond acceptors (Lipinski definition) is 6. The van der Waals surface area contributed by atoms with E-state index in [-0.39, 0.29) is 24.9 Å². The summed E-state index contributed by atoms with van der Waals surface area (Å²) in [4.78, 5) is 25.5. The summed E-state index contributed by atoms with van der Waals surface area (Å²) in [6.07, 6.45) is 0. The summed E-state index contributed by atoms with van der Waals surface area (Å²) < 4.78 is 15.3. The third kappa shape index (κ3) is 4.72. The molecule has 2 aromatic rings. The molecule has 134 valence electrons. The van der Waals surface area contributed by atoms with E-state index >= 15 is 0 Å². The molecule has 0 spiro atoms. The lowest BCUT2D eigenvalue weighted by Gasteiger charge is -2.18. The molecule has 0 aliphatic heterocycles. The fraction of sp³-hybridized carbons (Fsp3) is 0.353. The third-order valence-electron chi connectivity index (χ3n) is 3.51. The zero-order chi connectivity index (χ0) is 18.4. The number of ether oxygens (including phenoxy) is 2. The van der Waals surface area contributed by atoms with Gasteiger partial charge in [0.15, 0.2) is 5.82 Å². The number of nitrogens with zero attached hydrogens (tertiary/aromatic N) is 2. The van der Waals surface area contributed by atoms with Gasteiger partial charge in [0.05, 0.1) is 14.2 Å². The van der Waals surface area contributed by atoms with Gasteiger partial charge < -0.3 is 19.3 Å². The fourth-order valence-corrected chi connectivity index (χ4v) is 2.24. The smallest absolute Gasteiger partial charge is 0.251 e. The number of rotatable bonds is 7. The number of methoxy groups -OCH3 is 2. The Morgan fingerprint density at radius 2 is 1.80 bits per heavy atom. The molecule has 0 aliphatic carbocycles. The Hall–Kier alpha value is -3.03. The molecule has 25 heavy (non-hydrogen) atoms. The van der Waals surface area contributed by atoms with E-state index in [0.29, 0.717) is 28.6 Å². The minimum Gasteiger partial charge on any atom is -0.497 e. The molecule has 1 aromatic carbocycles. The van der Waals surface area contributed by atoms with E-state index < -0.39 is 0 Å². The van der Waals surface area contributed by atoms with Gasteiger partial charge in [0.2, 0.25) is 5.91 Å². The van der Waals surface area contributed by atoms with Crippen molar-refractivity contribution >= 4 is 17.6 Å². The van der Waals surface area contributed by atoms with Gasteiger partial charge in [-0.2, -0.15) is 0 Å². The molecule has 8 nitrogen and oxygen atoms in total. The Morgan fingerprint density at radius 3 is 2.28 bits per heavy atom. The second-order valence-corrected chi connectivity index (χ2v) is 5.32. The summed E-state index contributed by atoms with van der Waals surface area (Å²) in [7, 11) is 3.03. The zero-order valence-electron chi connectivity index (χ0n) is 14.7. The molecule has 0 radical (unpaired) electrons. The summed E-state index contributed by atoms with van der Waals surface area (Å²) in [6, 6.07) is 6.57. The summed E-state index contributed by atoms with van der Waals surface area (Å²) in [5, 5.41) is 6.58. The number of carbonyl (C=O) groups is 2. The normalized spacial score (nSPS) is 10.2. The van der Waals surface area contributed by atoms with Gasteiger partial charge in [-0.3, -0.25) is 14.5 Å². The molecule has 0 saturated heterocycles. The van der Waals surface area contributed by atoms with E-state index in [9.17, 15) is 9.59 Å². The van der Waals surface area contributed by atoms with Crippen molar-refractivity contribution < 1.29 is 23.6 Å². The number of amides is 2. The largest absolute Gasteiger partial charge is 0.497 e. The minimum absolute atomic E-state index is 0.189. The van der Waals surface area contributed by atoms with Crippen LogP contribution in [0.1, 0.15) is 23.0 Å². The number of aryl methyl sites for hydroxylation is 1. The second-order valence-electron chi connectivity index (χ2n) is 5.32. The van der Waals surface area contributed by atoms with Crippen LogP contribution >= 0.6 is 0 Å². The molecule has 0 aliphatic rings. The second kappa shape index (κ2) is 8.18. The van der Waals surface area contributed by atoms with Crippen LogP contribution in [-0.2, 0) is 4.79 Å². The first-order valence-corrected chi connectivity index (χ1v) is 7.67. The van der Waals surface area contributed by atoms with Gasteiger partial charge in [0.1, 0.15) is 17.3 Å². The van der Waals surface area contributed by atoms with Crippen molar-refractivity contribution in [2.45, 2.75) is 13.8 Å². The Bertz CT molecular complexity index is 734. The molecule has 2 amide bonds. The lowest BCUT2D eigenvalue weighted by atomic mass is 10.2. The van der Waals surface area contributed by atoms with E-state index in [4.69, 9.17) is 14.0 Å². The number of carbonyl (C=O) groups excluding carboxylic acids is 2. The Kier molecular flexibility index (Phi) is 5.99. The summed E-state index contributed by atoms with van der Waals surface area (Å²) in [5.74, 6) is 1.58. The molecule has 1 N–H and O–H groups in total. The van der Waals surface area contributed by atoms with Gasteiger partial charge in [-0.05, 0) is 19.1 Å². The first kappa shape index (κ1) is 18.3. The first-order chi connectivity index (χ1) is 11.9. The van der Waals surface area contributed by atoms with Crippen LogP contribution in [0.2, 0.25) is 0 Å². The minimum atomic E-state index is -0.294. The predicted molar refractivity (Wildman–Crippen MR) is 91.1 cm³/mol. The van der Waals surface area contributed by atoms with Gasteiger partial charge in [-0.25, -0.2) is 0 Å². The predicted octanol–water partition coefficient (Wildman–Crippen LogP) is 1.78. The Morgan fingerprint density at radius 1 is 1.16 bits per heavy atom. The van der Waals surface area contributed by atoms with Gasteiger partial charge >= 0.3 is 0 Å². The van der Waals surface area contributed by atoms with E-state index in [0.717, 1.165) is 0 Å². The van der Waals surface area contributed by atoms with Crippen molar-refractivity contribution in [3.05, 3.63) is 35.6 Å². The summed E-state index contributed by atoms with van der Waals surface area (Å²) in [6.45, 7) is 3.70. The molecule has 0 unspecified atom stereocenters. The highest BCUT2D eigenvalue weighted by atomic mass is 16.5. The third-order valence-corrected chi connectivity index (χ3v) is 3.51. The van der Waals surface area contributed by atoms with Crippen molar-refractivity contribution in [2.75, 3.05) is 32.2 Å². The number of nitrogens with one attached hydrogen (secondary N) is 1. The van der Waals surface area contributed by atoms with Crippen molar-refractivity contribution in [1.82, 2.24) is 10.5 Å². The van der Waals surface area contributed by atoms with Crippen LogP contribution in [0.4, 0.5) is 5.82 Å². The van der Waals surface area contributed by atoms with Crippen molar-refractivity contribution in [2.24, 2.45) is 0 Å². The van der Waals surface area contributed by atoms with Gasteiger partial charge in [0.25, 0.3) is 5.91 Å². The SMILES string of the molecule is COc1cc(OC)cc(C(=O)NCCN(C(C)=O)c2cc(C)on2)c1. The maximum Gasteiger partial charge on any atom is 0.251 e. The Labute approximate surface area is 145 Å². The van der Waals surface area contributed by atoms with Crippen LogP contribution < -0.4 is 19.7 Å². The number of hydrogen-bond donors (Lipinski definition) is 1. The van der Waals surface area contributed by atoms with Crippen molar-refractivity contribution in [1.29, 1.82) is 0 Å². The highest BCUT2D eigenvalue weighted by molar-refractivity contribution is 5.95. The van der Waals surface area contributed by atoms with Gasteiger partial charge in [-0.15, -0.1) is 0 Å². The van der Waals surface area contributed by atoms with Crippen molar-refractivity contribution in [3.8, 4) is 11.5 Å². The number of benzene rings is 1. The maximum atomic E-state index is 12.3. The van der Waals surface area contributed by atoms with E-state index in [2.05, 4.69) is 10.5 Å². The molecule has 2 rings (SSSR count). The number of aromatic nitrogens is 1. The Balaban J connectivity index is 2.00. The highest BCUT2D eigenvalue weighted by Gasteiger charge is 2.16. The first-order valence-electron chi connectivity index (χ1n) is 7.67. The topological polar surface area (TPSA) is 93.9 Å². The van der Waals surface area contributed by atoms with Crippen LogP contribution in [0, 0.1) is 6.92 Å². The van der Waals surface area contributed by atoms with Gasteiger partial charge in [0, 0.05) is 37.7 Å². The van der Waals surface area contributed by atoms with Gasteiger partial charge in [-0.1, -0.05) is 5.16 Å². The summed E-state index contributed by atoms with van der Waals surface area (Å²) >= 11 is 0. The molecule has 0 bridgehead atoms. The highest BCUT2D eigenvalue weighted by Crippen LogP contribution is 2.22. The van der Waals surface area contributed by atoms with E-state index in [1.165, 1.54) is 26.0 Å². The molecule has 1 heterocycles. The average molecular weight is 347 g/mol. The zero-order valence-corrected chi connectivity index (χ0v) is 14.7. The molecule has 8 heteroatoms. The monoisotopic (exact) mass is 347 g/mol. The maximum absolute atomic E-state index is 12.3. The lowest BCUT2D eigenvalue weighted by molar-refractivity contribution is -0.116. The van der Waals surface area contributed by atoms with Crippen LogP contribution in [-0.4, -0.2) is 44.3 Å². The summed E-state index contributed by atoms with van der Waals surface area (Å²) in [5.41, 5.74) is 0.405. The number of anilines is 1. The quantitative estimate of drug-likeness (QED) is 0.820. The molecular weight excluding hydrogens is 326 g/mol. The van der Waals surface area contributed by atoms with Crippen molar-refractivity contribution in [3.63, 3.8) is 0 Å². The van der Waals surface area contributed by atoms with E-state index in [1.54, 1.807) is 31.2 Å². The molecule has 0 fully saturated rings. The lowest BCUT2D eigenvalue weighted by Crippen LogP contribution is -2.37. The van der Waals surface area contributed by atoms with E-state index in [1.807, 2.05) is 0 Å². The molecule has 1 aromatic heterocycles. The molecule has 0 saturated carbocycles. The fourth-order valence-electron chi connectivity index (χ4n) is 2.24. The average Bonchev–Trinajstić information content (AvgIpc) is 3.03. The van der Waals surface area contributed by atoms with Crippen LogP contribution in [0.25, 0.3) is 0 Å². The van der Waals surface area contributed by atoms with Crippen LogP contribution in [0.15, 0.2) is 28.8 Å².